The summed E-state index contributed by atoms with van der Waals surface area (Å²) in [6.45, 7) is 1.99. The zero-order chi connectivity index (χ0) is 22.2. The number of aromatic nitrogens is 4. The van der Waals surface area contributed by atoms with Crippen LogP contribution in [0, 0.1) is 24.1 Å². The number of rotatable bonds is 4. The highest BCUT2D eigenvalue weighted by molar-refractivity contribution is 7.98. The van der Waals surface area contributed by atoms with Gasteiger partial charge in [-0.15, -0.1) is 10.2 Å². The van der Waals surface area contributed by atoms with Crippen LogP contribution in [-0.2, 0) is 5.75 Å². The molecule has 0 saturated heterocycles. The highest BCUT2D eigenvalue weighted by atomic mass is 32.2. The van der Waals surface area contributed by atoms with Crippen molar-refractivity contribution >= 4 is 28.4 Å². The van der Waals surface area contributed by atoms with E-state index in [0.717, 1.165) is 5.56 Å². The van der Waals surface area contributed by atoms with Crippen molar-refractivity contribution in [2.75, 3.05) is 0 Å². The van der Waals surface area contributed by atoms with Crippen LogP contribution >= 0.6 is 11.8 Å². The average molecular weight is 441 g/mol. The van der Waals surface area contributed by atoms with Crippen LogP contribution in [0.15, 0.2) is 76.7 Å². The number of para-hydroxylation sites is 1. The summed E-state index contributed by atoms with van der Waals surface area (Å²) in [5.41, 5.74) is 3.29. The van der Waals surface area contributed by atoms with Gasteiger partial charge in [0.15, 0.2) is 5.16 Å². The lowest BCUT2D eigenvalue weighted by atomic mass is 10.1. The van der Waals surface area contributed by atoms with Crippen LogP contribution < -0.4 is 5.56 Å². The second-order valence-electron chi connectivity index (χ2n) is 7.31. The number of benzene rings is 3. The van der Waals surface area contributed by atoms with Crippen LogP contribution in [-0.4, -0.2) is 19.2 Å². The van der Waals surface area contributed by atoms with E-state index in [0.29, 0.717) is 38.8 Å². The zero-order valence-electron chi connectivity index (χ0n) is 17.0. The molecular weight excluding hydrogens is 425 g/mol. The van der Waals surface area contributed by atoms with Gasteiger partial charge in [0.2, 0.25) is 5.78 Å². The molecule has 0 spiro atoms. The largest absolute Gasteiger partial charge is 0.268 e. The molecule has 2 aromatic heterocycles. The molecule has 0 atom stereocenters. The van der Waals surface area contributed by atoms with E-state index in [1.165, 1.54) is 23.9 Å². The van der Waals surface area contributed by atoms with Crippen molar-refractivity contribution in [2.24, 2.45) is 0 Å². The van der Waals surface area contributed by atoms with Gasteiger partial charge in [-0.1, -0.05) is 47.7 Å². The Bertz CT molecular complexity index is 1580. The van der Waals surface area contributed by atoms with Crippen molar-refractivity contribution in [3.8, 4) is 11.8 Å². The first kappa shape index (κ1) is 20.0. The van der Waals surface area contributed by atoms with Gasteiger partial charge in [-0.2, -0.15) is 5.26 Å². The highest BCUT2D eigenvalue weighted by Gasteiger charge is 2.18. The molecule has 8 heteroatoms. The summed E-state index contributed by atoms with van der Waals surface area (Å²) in [5.74, 6) is 0.359. The number of nitriles is 1. The number of nitrogens with zero attached hydrogens (tertiary/aromatic N) is 5. The van der Waals surface area contributed by atoms with Gasteiger partial charge in [0.05, 0.1) is 28.2 Å². The highest BCUT2D eigenvalue weighted by Crippen LogP contribution is 2.27. The van der Waals surface area contributed by atoms with Gasteiger partial charge in [-0.3, -0.25) is 9.20 Å². The summed E-state index contributed by atoms with van der Waals surface area (Å²) < 4.78 is 16.9. The Morgan fingerprint density at radius 3 is 2.62 bits per heavy atom. The van der Waals surface area contributed by atoms with E-state index < -0.39 is 5.82 Å². The number of hydrogen-bond donors (Lipinski definition) is 0. The smallest absolute Gasteiger partial charge is 0.267 e. The monoisotopic (exact) mass is 441 g/mol. The molecule has 2 heterocycles. The SMILES string of the molecule is Cc1ccc(-n2c(=O)c3ccccc3n3c(SCc4ccc(F)cc4C#N)nnc23)cc1. The maximum absolute atomic E-state index is 13.5. The Morgan fingerprint density at radius 1 is 1.06 bits per heavy atom. The molecule has 0 radical (unpaired) electrons. The van der Waals surface area contributed by atoms with Gasteiger partial charge in [0.25, 0.3) is 5.56 Å². The topological polar surface area (TPSA) is 76.0 Å². The molecule has 0 N–H and O–H groups in total. The zero-order valence-corrected chi connectivity index (χ0v) is 17.8. The minimum absolute atomic E-state index is 0.175. The van der Waals surface area contributed by atoms with Crippen molar-refractivity contribution in [1.82, 2.24) is 19.2 Å². The fourth-order valence-electron chi connectivity index (χ4n) is 3.62. The van der Waals surface area contributed by atoms with E-state index in [4.69, 9.17) is 0 Å². The maximum Gasteiger partial charge on any atom is 0.267 e. The van der Waals surface area contributed by atoms with Crippen LogP contribution in [0.1, 0.15) is 16.7 Å². The molecule has 0 bridgehead atoms. The summed E-state index contributed by atoms with van der Waals surface area (Å²) in [7, 11) is 0. The van der Waals surface area contributed by atoms with Crippen molar-refractivity contribution < 1.29 is 4.39 Å². The molecule has 0 aliphatic rings. The molecule has 3 aromatic carbocycles. The van der Waals surface area contributed by atoms with Gasteiger partial charge in [-0.25, -0.2) is 8.96 Å². The number of thioether (sulfide) groups is 1. The predicted molar refractivity (Wildman–Crippen MR) is 122 cm³/mol. The predicted octanol–water partition coefficient (Wildman–Crippen LogP) is 4.64. The van der Waals surface area contributed by atoms with E-state index in [1.54, 1.807) is 16.7 Å². The summed E-state index contributed by atoms with van der Waals surface area (Å²) in [6.07, 6.45) is 0. The lowest BCUT2D eigenvalue weighted by Gasteiger charge is -2.11. The lowest BCUT2D eigenvalue weighted by molar-refractivity contribution is 0.627. The van der Waals surface area contributed by atoms with Crippen molar-refractivity contribution in [3.05, 3.63) is 99.6 Å². The molecule has 0 fully saturated rings. The molecule has 32 heavy (non-hydrogen) atoms. The summed E-state index contributed by atoms with van der Waals surface area (Å²) in [6, 6.07) is 21.2. The van der Waals surface area contributed by atoms with E-state index in [9.17, 15) is 14.4 Å². The number of halogens is 1. The van der Waals surface area contributed by atoms with E-state index in [-0.39, 0.29) is 11.1 Å². The molecular formula is C24H16FN5OS. The van der Waals surface area contributed by atoms with Crippen LogP contribution in [0.3, 0.4) is 0 Å². The fourth-order valence-corrected chi connectivity index (χ4v) is 4.56. The minimum Gasteiger partial charge on any atom is -0.268 e. The summed E-state index contributed by atoms with van der Waals surface area (Å²) in [5, 5.41) is 19.1. The third kappa shape index (κ3) is 3.33. The fraction of sp³-hybridized carbons (Fsp3) is 0.0833. The maximum atomic E-state index is 13.5. The first-order valence-corrected chi connectivity index (χ1v) is 10.8. The Morgan fingerprint density at radius 2 is 1.84 bits per heavy atom. The molecule has 5 rings (SSSR count). The quantitative estimate of drug-likeness (QED) is 0.380. The molecule has 0 saturated carbocycles. The standard InChI is InChI=1S/C24H16FN5OS/c1-15-6-10-19(11-7-15)29-22(31)20-4-2-3-5-21(20)30-23(29)27-28-24(30)32-14-16-8-9-18(25)12-17(16)13-26/h2-12H,14H2,1H3. The molecule has 0 unspecified atom stereocenters. The second kappa shape index (κ2) is 7.94. The average Bonchev–Trinajstić information content (AvgIpc) is 3.23. The Kier molecular flexibility index (Phi) is 4.96. The second-order valence-corrected chi connectivity index (χ2v) is 8.26. The molecule has 0 aliphatic carbocycles. The number of aryl methyl sites for hydroxylation is 1. The van der Waals surface area contributed by atoms with Gasteiger partial charge in [0.1, 0.15) is 5.82 Å². The Hall–Kier alpha value is -3.96. The third-order valence-corrected chi connectivity index (χ3v) is 6.21. The van der Waals surface area contributed by atoms with Gasteiger partial charge < -0.3 is 0 Å². The normalized spacial score (nSPS) is 11.2. The van der Waals surface area contributed by atoms with Crippen molar-refractivity contribution in [2.45, 2.75) is 17.8 Å². The van der Waals surface area contributed by atoms with Crippen molar-refractivity contribution in [3.63, 3.8) is 0 Å². The molecule has 5 aromatic rings. The summed E-state index contributed by atoms with van der Waals surface area (Å²) in [4.78, 5) is 13.3. The van der Waals surface area contributed by atoms with Gasteiger partial charge in [-0.05, 0) is 48.9 Å². The van der Waals surface area contributed by atoms with Crippen LogP contribution in [0.5, 0.6) is 0 Å². The van der Waals surface area contributed by atoms with E-state index >= 15 is 0 Å². The minimum atomic E-state index is -0.448. The van der Waals surface area contributed by atoms with E-state index in [2.05, 4.69) is 10.2 Å². The third-order valence-electron chi connectivity index (χ3n) is 5.24. The van der Waals surface area contributed by atoms with Crippen molar-refractivity contribution in [1.29, 1.82) is 5.26 Å². The number of fused-ring (bicyclic) bond motifs is 3. The molecule has 0 aliphatic heterocycles. The number of hydrogen-bond acceptors (Lipinski definition) is 5. The van der Waals surface area contributed by atoms with Gasteiger partial charge >= 0.3 is 0 Å². The van der Waals surface area contributed by atoms with Gasteiger partial charge in [0, 0.05) is 5.75 Å². The molecule has 6 nitrogen and oxygen atoms in total. The van der Waals surface area contributed by atoms with E-state index in [1.807, 2.05) is 59.9 Å². The van der Waals surface area contributed by atoms with Crippen LogP contribution in [0.25, 0.3) is 22.4 Å². The lowest BCUT2D eigenvalue weighted by Crippen LogP contribution is -2.21. The first-order chi connectivity index (χ1) is 15.6. The molecule has 0 amide bonds. The van der Waals surface area contributed by atoms with Crippen LogP contribution in [0.4, 0.5) is 4.39 Å². The first-order valence-electron chi connectivity index (χ1n) is 9.84. The van der Waals surface area contributed by atoms with Crippen LogP contribution in [0.2, 0.25) is 0 Å². The Labute approximate surface area is 186 Å². The summed E-state index contributed by atoms with van der Waals surface area (Å²) >= 11 is 1.37. The molecule has 156 valence electrons. The Balaban J connectivity index is 1.69.